The molecule has 118 valence electrons. The van der Waals surface area contributed by atoms with Gasteiger partial charge in [-0.1, -0.05) is 6.42 Å². The summed E-state index contributed by atoms with van der Waals surface area (Å²) in [5.41, 5.74) is 0. The molecular formula is C14H28N2O3S. The van der Waals surface area contributed by atoms with Crippen LogP contribution in [0.1, 0.15) is 26.2 Å². The quantitative estimate of drug-likeness (QED) is 0.673. The van der Waals surface area contributed by atoms with Crippen molar-refractivity contribution in [2.24, 2.45) is 0 Å². The molecule has 1 atom stereocenters. The Labute approximate surface area is 123 Å². The normalized spacial score (nSPS) is 26.4. The first kappa shape index (κ1) is 16.2. The van der Waals surface area contributed by atoms with Crippen LogP contribution in [0.25, 0.3) is 0 Å². The van der Waals surface area contributed by atoms with Crippen molar-refractivity contribution < 1.29 is 13.2 Å². The first-order chi connectivity index (χ1) is 9.57. The Balaban J connectivity index is 1.57. The highest BCUT2D eigenvalue weighted by Gasteiger charge is 2.24. The van der Waals surface area contributed by atoms with Crippen LogP contribution in [0.2, 0.25) is 0 Å². The summed E-state index contributed by atoms with van der Waals surface area (Å²) in [6, 6.07) is 0.509. The van der Waals surface area contributed by atoms with E-state index in [4.69, 9.17) is 4.74 Å². The van der Waals surface area contributed by atoms with Crippen molar-refractivity contribution in [3.63, 3.8) is 0 Å². The summed E-state index contributed by atoms with van der Waals surface area (Å²) in [5.74, 6) is 0.677. The lowest BCUT2D eigenvalue weighted by atomic mass is 10.1. The smallest absolute Gasteiger partial charge is 0.152 e. The second-order valence-electron chi connectivity index (χ2n) is 5.99. The minimum atomic E-state index is -2.75. The number of unbranched alkanes of at least 4 members (excludes halogenated alkanes) is 1. The van der Waals surface area contributed by atoms with Crippen molar-refractivity contribution in [2.75, 3.05) is 57.4 Å². The lowest BCUT2D eigenvalue weighted by Gasteiger charge is -2.32. The van der Waals surface area contributed by atoms with Gasteiger partial charge in [0.15, 0.2) is 9.84 Å². The van der Waals surface area contributed by atoms with E-state index in [0.717, 1.165) is 26.3 Å². The number of rotatable bonds is 6. The average molecular weight is 304 g/mol. The lowest BCUT2D eigenvalue weighted by molar-refractivity contribution is 0.0369. The van der Waals surface area contributed by atoms with Gasteiger partial charge in [0.2, 0.25) is 0 Å². The van der Waals surface area contributed by atoms with Crippen molar-refractivity contribution in [2.45, 2.75) is 32.2 Å². The standard InChI is InChI=1S/C14H28N2O3S/c1-14(16-8-12-20(17,18)13-9-16)4-2-3-5-15-6-10-19-11-7-15/h14H,2-13H2,1H3. The van der Waals surface area contributed by atoms with Crippen LogP contribution in [-0.2, 0) is 14.6 Å². The molecule has 0 spiro atoms. The van der Waals surface area contributed by atoms with Crippen LogP contribution in [0.3, 0.4) is 0 Å². The summed E-state index contributed by atoms with van der Waals surface area (Å²) in [6.45, 7) is 8.72. The van der Waals surface area contributed by atoms with E-state index in [2.05, 4.69) is 16.7 Å². The number of nitrogens with zero attached hydrogens (tertiary/aromatic N) is 2. The molecular weight excluding hydrogens is 276 g/mol. The topological polar surface area (TPSA) is 49.9 Å². The lowest BCUT2D eigenvalue weighted by Crippen LogP contribution is -2.44. The highest BCUT2D eigenvalue weighted by Crippen LogP contribution is 2.13. The van der Waals surface area contributed by atoms with E-state index >= 15 is 0 Å². The van der Waals surface area contributed by atoms with Crippen molar-refractivity contribution in [1.82, 2.24) is 9.80 Å². The third-order valence-electron chi connectivity index (χ3n) is 4.45. The zero-order valence-electron chi connectivity index (χ0n) is 12.6. The molecule has 0 N–H and O–H groups in total. The average Bonchev–Trinajstić information content (AvgIpc) is 2.44. The van der Waals surface area contributed by atoms with Crippen molar-refractivity contribution in [3.8, 4) is 0 Å². The summed E-state index contributed by atoms with van der Waals surface area (Å²) >= 11 is 0. The monoisotopic (exact) mass is 304 g/mol. The summed E-state index contributed by atoms with van der Waals surface area (Å²) in [7, 11) is -2.75. The summed E-state index contributed by atoms with van der Waals surface area (Å²) in [6.07, 6.45) is 3.63. The van der Waals surface area contributed by atoms with Crippen LogP contribution in [0, 0.1) is 0 Å². The Morgan fingerprint density at radius 2 is 1.70 bits per heavy atom. The van der Waals surface area contributed by atoms with E-state index in [1.165, 1.54) is 25.8 Å². The fourth-order valence-electron chi connectivity index (χ4n) is 2.95. The van der Waals surface area contributed by atoms with Crippen LogP contribution < -0.4 is 0 Å². The maximum Gasteiger partial charge on any atom is 0.152 e. The molecule has 2 aliphatic rings. The van der Waals surface area contributed by atoms with Gasteiger partial charge < -0.3 is 4.74 Å². The first-order valence-corrected chi connectivity index (χ1v) is 9.63. The minimum Gasteiger partial charge on any atom is -0.379 e. The van der Waals surface area contributed by atoms with Gasteiger partial charge in [-0.05, 0) is 26.3 Å². The molecule has 0 aliphatic carbocycles. The third kappa shape index (κ3) is 5.31. The number of ether oxygens (including phenoxy) is 1. The van der Waals surface area contributed by atoms with Crippen LogP contribution in [0.5, 0.6) is 0 Å². The molecule has 0 aromatic heterocycles. The Bertz CT molecular complexity index is 366. The first-order valence-electron chi connectivity index (χ1n) is 7.81. The number of morpholine rings is 1. The molecule has 2 rings (SSSR count). The van der Waals surface area contributed by atoms with E-state index in [0.29, 0.717) is 30.6 Å². The highest BCUT2D eigenvalue weighted by molar-refractivity contribution is 7.91. The maximum absolute atomic E-state index is 11.4. The van der Waals surface area contributed by atoms with Crippen molar-refractivity contribution in [3.05, 3.63) is 0 Å². The van der Waals surface area contributed by atoms with Gasteiger partial charge in [0.25, 0.3) is 0 Å². The molecule has 2 aliphatic heterocycles. The van der Waals surface area contributed by atoms with Gasteiger partial charge in [-0.25, -0.2) is 8.42 Å². The summed E-state index contributed by atoms with van der Waals surface area (Å²) < 4.78 is 28.2. The minimum absolute atomic E-state index is 0.338. The van der Waals surface area contributed by atoms with Gasteiger partial charge in [-0.3, -0.25) is 9.80 Å². The second-order valence-corrected chi connectivity index (χ2v) is 8.29. The fraction of sp³-hybridized carbons (Fsp3) is 1.00. The van der Waals surface area contributed by atoms with Gasteiger partial charge in [-0.2, -0.15) is 0 Å². The van der Waals surface area contributed by atoms with Crippen LogP contribution in [-0.4, -0.2) is 81.7 Å². The Kier molecular flexibility index (Phi) is 6.26. The molecule has 0 aromatic carbocycles. The SMILES string of the molecule is CC(CCCCN1CCOCC1)N1CCS(=O)(=O)CC1. The molecule has 0 saturated carbocycles. The van der Waals surface area contributed by atoms with Crippen molar-refractivity contribution in [1.29, 1.82) is 0 Å². The molecule has 1 unspecified atom stereocenters. The van der Waals surface area contributed by atoms with Crippen LogP contribution in [0.15, 0.2) is 0 Å². The predicted molar refractivity (Wildman–Crippen MR) is 80.8 cm³/mol. The predicted octanol–water partition coefficient (Wildman–Crippen LogP) is 0.608. The van der Waals surface area contributed by atoms with E-state index in [9.17, 15) is 8.42 Å². The Morgan fingerprint density at radius 1 is 1.05 bits per heavy atom. The van der Waals surface area contributed by atoms with Gasteiger partial charge in [-0.15, -0.1) is 0 Å². The van der Waals surface area contributed by atoms with Gasteiger partial charge in [0.1, 0.15) is 0 Å². The third-order valence-corrected chi connectivity index (χ3v) is 6.06. The molecule has 0 radical (unpaired) electrons. The highest BCUT2D eigenvalue weighted by atomic mass is 32.2. The van der Waals surface area contributed by atoms with Gasteiger partial charge >= 0.3 is 0 Å². The van der Waals surface area contributed by atoms with Crippen LogP contribution in [0.4, 0.5) is 0 Å². The number of sulfone groups is 1. The molecule has 2 saturated heterocycles. The van der Waals surface area contributed by atoms with E-state index < -0.39 is 9.84 Å². The molecule has 0 aromatic rings. The Hall–Kier alpha value is -0.170. The molecule has 0 bridgehead atoms. The summed E-state index contributed by atoms with van der Waals surface area (Å²) in [5, 5.41) is 0. The molecule has 5 nitrogen and oxygen atoms in total. The largest absolute Gasteiger partial charge is 0.379 e. The van der Waals surface area contributed by atoms with Crippen molar-refractivity contribution >= 4 is 9.84 Å². The molecule has 0 amide bonds. The summed E-state index contributed by atoms with van der Waals surface area (Å²) in [4.78, 5) is 4.80. The Morgan fingerprint density at radius 3 is 2.35 bits per heavy atom. The van der Waals surface area contributed by atoms with Crippen LogP contribution >= 0.6 is 0 Å². The van der Waals surface area contributed by atoms with E-state index in [1.54, 1.807) is 0 Å². The van der Waals surface area contributed by atoms with E-state index in [1.807, 2.05) is 0 Å². The second kappa shape index (κ2) is 7.73. The van der Waals surface area contributed by atoms with Gasteiger partial charge in [0.05, 0.1) is 24.7 Å². The zero-order chi connectivity index (χ0) is 14.4. The molecule has 6 heteroatoms. The zero-order valence-corrected chi connectivity index (χ0v) is 13.4. The number of hydrogen-bond acceptors (Lipinski definition) is 5. The molecule has 2 fully saturated rings. The molecule has 2 heterocycles. The molecule has 20 heavy (non-hydrogen) atoms. The maximum atomic E-state index is 11.4. The number of hydrogen-bond donors (Lipinski definition) is 0. The van der Waals surface area contributed by atoms with Gasteiger partial charge in [0, 0.05) is 32.2 Å². The fourth-order valence-corrected chi connectivity index (χ4v) is 4.18. The van der Waals surface area contributed by atoms with E-state index in [-0.39, 0.29) is 0 Å².